The minimum absolute atomic E-state index is 0.214. The summed E-state index contributed by atoms with van der Waals surface area (Å²) in [5.74, 6) is -1.20. The predicted molar refractivity (Wildman–Crippen MR) is 108 cm³/mol. The first-order valence-corrected chi connectivity index (χ1v) is 9.51. The molecule has 29 heavy (non-hydrogen) atoms. The lowest BCUT2D eigenvalue weighted by Crippen LogP contribution is -2.70. The van der Waals surface area contributed by atoms with Crippen molar-refractivity contribution >= 4 is 11.8 Å². The molecule has 1 saturated heterocycles. The van der Waals surface area contributed by atoms with Crippen molar-refractivity contribution in [3.8, 4) is 6.07 Å². The van der Waals surface area contributed by atoms with Gasteiger partial charge in [-0.05, 0) is 48.7 Å². The van der Waals surface area contributed by atoms with Crippen molar-refractivity contribution in [2.24, 2.45) is 0 Å². The summed E-state index contributed by atoms with van der Waals surface area (Å²) in [7, 11) is 1.62. The third-order valence-corrected chi connectivity index (χ3v) is 5.97. The summed E-state index contributed by atoms with van der Waals surface area (Å²) in [6, 6.07) is 12.8. The third-order valence-electron chi connectivity index (χ3n) is 5.97. The van der Waals surface area contributed by atoms with E-state index in [1.165, 1.54) is 17.0 Å². The van der Waals surface area contributed by atoms with Gasteiger partial charge in [0.15, 0.2) is 0 Å². The predicted octanol–water partition coefficient (Wildman–Crippen LogP) is 3.07. The summed E-state index contributed by atoms with van der Waals surface area (Å²) in [4.78, 5) is 27.8. The molecule has 3 atom stereocenters. The van der Waals surface area contributed by atoms with Crippen LogP contribution in [0.3, 0.4) is 0 Å². The van der Waals surface area contributed by atoms with Gasteiger partial charge in [0.2, 0.25) is 11.8 Å². The molecule has 0 aliphatic carbocycles. The third kappa shape index (κ3) is 3.61. The highest BCUT2D eigenvalue weighted by Crippen LogP contribution is 2.32. The van der Waals surface area contributed by atoms with Crippen LogP contribution in [-0.2, 0) is 16.0 Å². The molecule has 6 heteroatoms. The molecule has 0 radical (unpaired) electrons. The maximum Gasteiger partial charge on any atom is 0.246 e. The van der Waals surface area contributed by atoms with E-state index < -0.39 is 11.6 Å². The van der Waals surface area contributed by atoms with Crippen LogP contribution < -0.4 is 5.32 Å². The minimum atomic E-state index is -1.09. The van der Waals surface area contributed by atoms with Gasteiger partial charge in [0.1, 0.15) is 17.4 Å². The van der Waals surface area contributed by atoms with E-state index in [1.54, 1.807) is 38.2 Å². The van der Waals surface area contributed by atoms with E-state index >= 15 is 0 Å². The van der Waals surface area contributed by atoms with Crippen molar-refractivity contribution in [2.75, 3.05) is 7.05 Å². The second kappa shape index (κ2) is 7.67. The number of carbonyl (C=O) groups excluding carboxylic acids is 2. The first-order valence-electron chi connectivity index (χ1n) is 9.51. The highest BCUT2D eigenvalue weighted by molar-refractivity contribution is 6.00. The van der Waals surface area contributed by atoms with Gasteiger partial charge in [-0.15, -0.1) is 0 Å². The summed E-state index contributed by atoms with van der Waals surface area (Å²) < 4.78 is 13.2. The van der Waals surface area contributed by atoms with Crippen molar-refractivity contribution in [3.63, 3.8) is 0 Å². The molecule has 0 saturated carbocycles. The quantitative estimate of drug-likeness (QED) is 0.868. The number of benzene rings is 2. The summed E-state index contributed by atoms with van der Waals surface area (Å²) in [5, 5.41) is 12.3. The summed E-state index contributed by atoms with van der Waals surface area (Å²) in [6.07, 6.45) is 0.274. The van der Waals surface area contributed by atoms with Gasteiger partial charge in [-0.2, -0.15) is 5.26 Å². The Bertz CT molecular complexity index is 996. The van der Waals surface area contributed by atoms with Crippen molar-refractivity contribution < 1.29 is 14.0 Å². The molecule has 0 aromatic heterocycles. The van der Waals surface area contributed by atoms with Crippen molar-refractivity contribution in [1.82, 2.24) is 10.2 Å². The SMILES string of the molecule is Cc1cccc(C#N)c1C(C)C1NC(=O)C(C)(Cc2ccc(F)cc2)N(C)C1=O. The number of amides is 2. The Kier molecular flexibility index (Phi) is 5.43. The highest BCUT2D eigenvalue weighted by atomic mass is 19.1. The fourth-order valence-electron chi connectivity index (χ4n) is 4.05. The first-order chi connectivity index (χ1) is 13.7. The zero-order valence-electron chi connectivity index (χ0n) is 17.0. The van der Waals surface area contributed by atoms with E-state index in [0.29, 0.717) is 5.56 Å². The van der Waals surface area contributed by atoms with Crippen LogP contribution in [-0.4, -0.2) is 35.3 Å². The number of rotatable bonds is 4. The molecule has 3 unspecified atom stereocenters. The molecule has 0 spiro atoms. The number of hydrogen-bond acceptors (Lipinski definition) is 3. The van der Waals surface area contributed by atoms with Crippen LogP contribution in [0.1, 0.15) is 42.0 Å². The van der Waals surface area contributed by atoms with Crippen LogP contribution in [0.5, 0.6) is 0 Å². The van der Waals surface area contributed by atoms with Crippen LogP contribution in [0.15, 0.2) is 42.5 Å². The number of aryl methyl sites for hydroxylation is 1. The molecule has 3 rings (SSSR count). The van der Waals surface area contributed by atoms with Crippen LogP contribution in [0, 0.1) is 24.1 Å². The Labute approximate surface area is 170 Å². The molecule has 2 amide bonds. The number of carbonyl (C=O) groups is 2. The van der Waals surface area contributed by atoms with Gasteiger partial charge in [0.25, 0.3) is 0 Å². The zero-order chi connectivity index (χ0) is 21.3. The van der Waals surface area contributed by atoms with Gasteiger partial charge in [-0.1, -0.05) is 31.2 Å². The monoisotopic (exact) mass is 393 g/mol. The molecule has 1 aliphatic heterocycles. The molecule has 150 valence electrons. The molecular weight excluding hydrogens is 369 g/mol. The molecule has 0 bridgehead atoms. The van der Waals surface area contributed by atoms with Crippen LogP contribution in [0.2, 0.25) is 0 Å². The van der Waals surface area contributed by atoms with Gasteiger partial charge in [0.05, 0.1) is 11.6 Å². The molecular formula is C23H24FN3O2. The van der Waals surface area contributed by atoms with Gasteiger partial charge >= 0.3 is 0 Å². The summed E-state index contributed by atoms with van der Waals surface area (Å²) in [5.41, 5.74) is 1.85. The van der Waals surface area contributed by atoms with E-state index in [2.05, 4.69) is 11.4 Å². The Morgan fingerprint density at radius 1 is 1.24 bits per heavy atom. The van der Waals surface area contributed by atoms with E-state index in [9.17, 15) is 19.2 Å². The molecule has 1 N–H and O–H groups in total. The van der Waals surface area contributed by atoms with Crippen molar-refractivity contribution in [3.05, 3.63) is 70.5 Å². The summed E-state index contributed by atoms with van der Waals surface area (Å²) in [6.45, 7) is 5.45. The second-order valence-electron chi connectivity index (χ2n) is 7.86. The number of likely N-dealkylation sites (N-methyl/N-ethyl adjacent to an activating group) is 1. The Morgan fingerprint density at radius 2 is 1.90 bits per heavy atom. The van der Waals surface area contributed by atoms with E-state index in [-0.39, 0.29) is 30.0 Å². The van der Waals surface area contributed by atoms with Crippen molar-refractivity contribution in [1.29, 1.82) is 5.26 Å². The summed E-state index contributed by atoms with van der Waals surface area (Å²) >= 11 is 0. The number of nitriles is 1. The Morgan fingerprint density at radius 3 is 2.52 bits per heavy atom. The maximum absolute atomic E-state index is 13.2. The van der Waals surface area contributed by atoms with Crippen LogP contribution in [0.4, 0.5) is 4.39 Å². The molecule has 1 aliphatic rings. The zero-order valence-corrected chi connectivity index (χ0v) is 17.0. The van der Waals surface area contributed by atoms with Crippen molar-refractivity contribution in [2.45, 2.75) is 44.7 Å². The molecule has 1 fully saturated rings. The number of halogens is 1. The smallest absolute Gasteiger partial charge is 0.246 e. The van der Waals surface area contributed by atoms with E-state index in [0.717, 1.165) is 16.7 Å². The molecule has 2 aromatic carbocycles. The maximum atomic E-state index is 13.2. The van der Waals surface area contributed by atoms with Crippen LogP contribution in [0.25, 0.3) is 0 Å². The highest BCUT2D eigenvalue weighted by Gasteiger charge is 2.49. The largest absolute Gasteiger partial charge is 0.342 e. The number of piperazine rings is 1. The van der Waals surface area contributed by atoms with Gasteiger partial charge in [-0.3, -0.25) is 9.59 Å². The topological polar surface area (TPSA) is 73.2 Å². The lowest BCUT2D eigenvalue weighted by molar-refractivity contribution is -0.154. The number of hydrogen-bond donors (Lipinski definition) is 1. The molecule has 5 nitrogen and oxygen atoms in total. The van der Waals surface area contributed by atoms with Crippen LogP contribution >= 0.6 is 0 Å². The average molecular weight is 393 g/mol. The standard InChI is InChI=1S/C23H24FN3O2/c1-14-6-5-7-17(13-25)19(14)15(2)20-21(28)27(4)23(3,22(29)26-20)12-16-8-10-18(24)11-9-16/h5-11,15,20H,12H2,1-4H3,(H,26,29). The van der Waals surface area contributed by atoms with Gasteiger partial charge < -0.3 is 10.2 Å². The fourth-order valence-corrected chi connectivity index (χ4v) is 4.05. The second-order valence-corrected chi connectivity index (χ2v) is 7.86. The average Bonchev–Trinajstić information content (AvgIpc) is 2.70. The normalized spacial score (nSPS) is 22.8. The lowest BCUT2D eigenvalue weighted by atomic mass is 9.81. The Hall–Kier alpha value is -3.20. The van der Waals surface area contributed by atoms with E-state index in [1.807, 2.05) is 19.9 Å². The van der Waals surface area contributed by atoms with E-state index in [4.69, 9.17) is 0 Å². The first kappa shape index (κ1) is 20.5. The number of nitrogens with zero attached hydrogens (tertiary/aromatic N) is 2. The fraction of sp³-hybridized carbons (Fsp3) is 0.348. The van der Waals surface area contributed by atoms with Gasteiger partial charge in [0, 0.05) is 19.4 Å². The Balaban J connectivity index is 1.90. The number of nitrogens with one attached hydrogen (secondary N) is 1. The molecule has 1 heterocycles. The minimum Gasteiger partial charge on any atom is -0.342 e. The molecule has 2 aromatic rings. The lowest BCUT2D eigenvalue weighted by Gasteiger charge is -2.46. The van der Waals surface area contributed by atoms with Gasteiger partial charge in [-0.25, -0.2) is 4.39 Å².